The first-order valence-electron chi connectivity index (χ1n) is 12.1. The van der Waals surface area contributed by atoms with Gasteiger partial charge in [-0.15, -0.1) is 0 Å². The van der Waals surface area contributed by atoms with Crippen molar-refractivity contribution in [1.82, 2.24) is 20.5 Å². The number of fused-ring (bicyclic) bond motifs is 3. The van der Waals surface area contributed by atoms with E-state index in [2.05, 4.69) is 10.6 Å². The van der Waals surface area contributed by atoms with E-state index in [9.17, 15) is 14.7 Å². The summed E-state index contributed by atoms with van der Waals surface area (Å²) < 4.78 is 26.4. The molecule has 2 fully saturated rings. The van der Waals surface area contributed by atoms with Gasteiger partial charge in [0.05, 0.1) is 31.5 Å². The second-order valence-corrected chi connectivity index (χ2v) is 9.67. The van der Waals surface area contributed by atoms with Crippen molar-refractivity contribution in [3.63, 3.8) is 0 Å². The molecule has 11 heteroatoms. The largest absolute Gasteiger partial charge is 0.493 e. The number of carbonyl (C=O) groups is 2. The fourth-order valence-corrected chi connectivity index (χ4v) is 5.78. The SMILES string of the molecule is CNC(=O)N1N=C(c2ccc(F)c(C34CNC(CN3C(=O)O)C4)c2)c2cc(OC)c(OC)cc2CC1C. The van der Waals surface area contributed by atoms with Crippen molar-refractivity contribution < 1.29 is 28.6 Å². The predicted molar refractivity (Wildman–Crippen MR) is 134 cm³/mol. The number of hydrogen-bond donors (Lipinski definition) is 3. The molecule has 0 aromatic heterocycles. The van der Waals surface area contributed by atoms with Gasteiger partial charge < -0.3 is 25.2 Å². The second kappa shape index (κ2) is 9.22. The lowest BCUT2D eigenvalue weighted by molar-refractivity contribution is 0.0938. The lowest BCUT2D eigenvalue weighted by atomic mass is 9.85. The first-order chi connectivity index (χ1) is 17.7. The Bertz CT molecular complexity index is 1300. The number of benzene rings is 2. The Morgan fingerprint density at radius 1 is 1.22 bits per heavy atom. The number of nitrogens with zero attached hydrogens (tertiary/aromatic N) is 3. The smallest absolute Gasteiger partial charge is 0.408 e. The maximum atomic E-state index is 15.4. The summed E-state index contributed by atoms with van der Waals surface area (Å²) in [5.41, 5.74) is 1.88. The molecule has 0 radical (unpaired) electrons. The average Bonchev–Trinajstić information content (AvgIpc) is 3.45. The summed E-state index contributed by atoms with van der Waals surface area (Å²) in [5, 5.41) is 21.9. The van der Waals surface area contributed by atoms with E-state index in [1.165, 1.54) is 30.1 Å². The van der Waals surface area contributed by atoms with Crippen LogP contribution in [0.2, 0.25) is 0 Å². The molecule has 3 amide bonds. The van der Waals surface area contributed by atoms with Gasteiger partial charge in [0, 0.05) is 42.9 Å². The third kappa shape index (κ3) is 3.93. The van der Waals surface area contributed by atoms with Crippen LogP contribution >= 0.6 is 0 Å². The highest BCUT2D eigenvalue weighted by Gasteiger charge is 2.55. The van der Waals surface area contributed by atoms with Crippen LogP contribution in [0.15, 0.2) is 35.4 Å². The van der Waals surface area contributed by atoms with Gasteiger partial charge in [-0.1, -0.05) is 0 Å². The Kier molecular flexibility index (Phi) is 6.18. The summed E-state index contributed by atoms with van der Waals surface area (Å²) in [4.78, 5) is 26.2. The highest BCUT2D eigenvalue weighted by Crippen LogP contribution is 2.44. The number of likely N-dealkylation sites (tertiary alicyclic amines) is 1. The van der Waals surface area contributed by atoms with Gasteiger partial charge in [0.2, 0.25) is 0 Å². The van der Waals surface area contributed by atoms with Crippen LogP contribution in [-0.4, -0.2) is 79.3 Å². The van der Waals surface area contributed by atoms with Gasteiger partial charge in [-0.25, -0.2) is 19.0 Å². The number of piperazine rings is 1. The number of nitrogens with one attached hydrogen (secondary N) is 2. The van der Waals surface area contributed by atoms with Crippen LogP contribution in [0.3, 0.4) is 0 Å². The molecule has 196 valence electrons. The van der Waals surface area contributed by atoms with E-state index in [1.54, 1.807) is 25.3 Å². The van der Waals surface area contributed by atoms with Crippen molar-refractivity contribution in [2.45, 2.75) is 37.4 Å². The number of halogens is 1. The van der Waals surface area contributed by atoms with Gasteiger partial charge in [-0.3, -0.25) is 4.90 Å². The zero-order valence-electron chi connectivity index (χ0n) is 21.2. The van der Waals surface area contributed by atoms with Gasteiger partial charge in [-0.05, 0) is 55.7 Å². The standard InChI is InChI=1S/C26H30FN5O5/c1-14-7-16-9-21(36-3)22(37-4)10-18(16)23(30-32(14)24(33)28-2)15-5-6-20(27)19(8-15)26-11-17(29-13-26)12-31(26)25(34)35/h5-6,8-10,14,17,29H,7,11-13H2,1-4H3,(H,28,33)(H,34,35). The molecular formula is C26H30FN5O5. The zero-order chi connectivity index (χ0) is 26.5. The number of hydrogen-bond acceptors (Lipinski definition) is 6. The summed E-state index contributed by atoms with van der Waals surface area (Å²) in [5.74, 6) is 0.551. The molecule has 3 aliphatic rings. The first-order valence-corrected chi connectivity index (χ1v) is 12.1. The third-order valence-electron chi connectivity index (χ3n) is 7.59. The quantitative estimate of drug-likeness (QED) is 0.582. The number of methoxy groups -OCH3 is 2. The molecule has 0 saturated carbocycles. The number of carboxylic acid groups (broad SMARTS) is 1. The molecule has 37 heavy (non-hydrogen) atoms. The van der Waals surface area contributed by atoms with Crippen LogP contribution in [0.1, 0.15) is 35.6 Å². The normalized spacial score (nSPS) is 24.3. The molecule has 3 N–H and O–H groups in total. The van der Waals surface area contributed by atoms with E-state index in [1.807, 2.05) is 13.0 Å². The Balaban J connectivity index is 1.71. The highest BCUT2D eigenvalue weighted by atomic mass is 19.1. The Hall–Kier alpha value is -3.86. The number of carbonyl (C=O) groups excluding carboxylic acids is 1. The Morgan fingerprint density at radius 2 is 1.95 bits per heavy atom. The van der Waals surface area contributed by atoms with Crippen molar-refractivity contribution in [2.75, 3.05) is 34.4 Å². The number of ether oxygens (including phenoxy) is 2. The molecule has 3 aliphatic heterocycles. The highest BCUT2D eigenvalue weighted by molar-refractivity contribution is 6.14. The summed E-state index contributed by atoms with van der Waals surface area (Å²) in [6.45, 7) is 2.51. The van der Waals surface area contributed by atoms with E-state index < -0.39 is 17.4 Å². The molecule has 2 aromatic carbocycles. The summed E-state index contributed by atoms with van der Waals surface area (Å²) in [6.07, 6.45) is -0.107. The number of rotatable bonds is 4. The molecule has 2 aromatic rings. The van der Waals surface area contributed by atoms with Gasteiger partial charge in [0.25, 0.3) is 0 Å². The van der Waals surface area contributed by atoms with Crippen LogP contribution < -0.4 is 20.1 Å². The molecule has 3 unspecified atom stereocenters. The lowest BCUT2D eigenvalue weighted by Crippen LogP contribution is -2.53. The van der Waals surface area contributed by atoms with Crippen LogP contribution in [-0.2, 0) is 12.0 Å². The van der Waals surface area contributed by atoms with Crippen molar-refractivity contribution in [3.8, 4) is 11.5 Å². The van der Waals surface area contributed by atoms with Crippen molar-refractivity contribution in [2.24, 2.45) is 5.10 Å². The molecular weight excluding hydrogens is 481 g/mol. The minimum Gasteiger partial charge on any atom is -0.493 e. The minimum atomic E-state index is -1.08. The summed E-state index contributed by atoms with van der Waals surface area (Å²) in [6, 6.07) is 7.58. The average molecular weight is 512 g/mol. The van der Waals surface area contributed by atoms with E-state index in [4.69, 9.17) is 14.6 Å². The van der Waals surface area contributed by atoms with Gasteiger partial charge in [0.15, 0.2) is 11.5 Å². The third-order valence-corrected chi connectivity index (χ3v) is 7.59. The summed E-state index contributed by atoms with van der Waals surface area (Å²) >= 11 is 0. The topological polar surface area (TPSA) is 116 Å². The fraction of sp³-hybridized carbons (Fsp3) is 0.423. The minimum absolute atomic E-state index is 0.0311. The summed E-state index contributed by atoms with van der Waals surface area (Å²) in [7, 11) is 4.63. The molecule has 0 spiro atoms. The van der Waals surface area contributed by atoms with E-state index in [-0.39, 0.29) is 23.7 Å². The maximum Gasteiger partial charge on any atom is 0.408 e. The molecule has 3 atom stereocenters. The van der Waals surface area contributed by atoms with Gasteiger partial charge in [0.1, 0.15) is 5.82 Å². The van der Waals surface area contributed by atoms with Crippen LogP contribution in [0, 0.1) is 5.82 Å². The first kappa shape index (κ1) is 24.8. The Morgan fingerprint density at radius 3 is 2.59 bits per heavy atom. The van der Waals surface area contributed by atoms with Crippen molar-refractivity contribution in [1.29, 1.82) is 0 Å². The zero-order valence-corrected chi connectivity index (χ0v) is 21.2. The molecule has 5 rings (SSSR count). The molecule has 0 aliphatic carbocycles. The molecule has 10 nitrogen and oxygen atoms in total. The van der Waals surface area contributed by atoms with E-state index in [0.717, 1.165) is 11.1 Å². The molecule has 2 bridgehead atoms. The van der Waals surface area contributed by atoms with E-state index >= 15 is 4.39 Å². The predicted octanol–water partition coefficient (Wildman–Crippen LogP) is 2.73. The molecule has 2 saturated heterocycles. The number of urea groups is 1. The number of amides is 3. The number of hydrazone groups is 1. The van der Waals surface area contributed by atoms with Crippen molar-refractivity contribution >= 4 is 17.8 Å². The second-order valence-electron chi connectivity index (χ2n) is 9.67. The molecule has 3 heterocycles. The monoisotopic (exact) mass is 511 g/mol. The van der Waals surface area contributed by atoms with E-state index in [0.29, 0.717) is 48.7 Å². The van der Waals surface area contributed by atoms with Crippen LogP contribution in [0.5, 0.6) is 11.5 Å². The lowest BCUT2D eigenvalue weighted by Gasteiger charge is -2.37. The van der Waals surface area contributed by atoms with Crippen molar-refractivity contribution in [3.05, 3.63) is 58.4 Å². The van der Waals surface area contributed by atoms with Gasteiger partial charge in [-0.2, -0.15) is 5.10 Å². The maximum absolute atomic E-state index is 15.4. The Labute approximate surface area is 214 Å². The fourth-order valence-electron chi connectivity index (χ4n) is 5.78. The van der Waals surface area contributed by atoms with Gasteiger partial charge >= 0.3 is 12.1 Å². The van der Waals surface area contributed by atoms with Crippen LogP contribution in [0.4, 0.5) is 14.0 Å². The van der Waals surface area contributed by atoms with Crippen LogP contribution in [0.25, 0.3) is 0 Å².